The van der Waals surface area contributed by atoms with E-state index in [1.807, 2.05) is 25.7 Å². The van der Waals surface area contributed by atoms with Gasteiger partial charge in [-0.05, 0) is 57.7 Å². The predicted octanol–water partition coefficient (Wildman–Crippen LogP) is 3.69. The van der Waals surface area contributed by atoms with Crippen LogP contribution in [0.15, 0.2) is 18.2 Å². The Kier molecular flexibility index (Phi) is 7.18. The summed E-state index contributed by atoms with van der Waals surface area (Å²) in [6.45, 7) is 7.85. The summed E-state index contributed by atoms with van der Waals surface area (Å²) >= 11 is 5.97. The number of carbonyl (C=O) groups is 2. The third-order valence-electron chi connectivity index (χ3n) is 4.34. The molecule has 0 atom stereocenters. The summed E-state index contributed by atoms with van der Waals surface area (Å²) in [5.74, 6) is 0.892. The van der Waals surface area contributed by atoms with Gasteiger partial charge in [0.15, 0.2) is 0 Å². The molecule has 150 valence electrons. The normalized spacial score (nSPS) is 15.2. The first-order valence-electron chi connectivity index (χ1n) is 9.13. The molecule has 0 saturated carbocycles. The number of likely N-dealkylation sites (tertiary alicyclic amines) is 1. The lowest BCUT2D eigenvalue weighted by atomic mass is 9.97. The minimum absolute atomic E-state index is 0.0281. The Hall–Kier alpha value is -2.15. The van der Waals surface area contributed by atoms with Crippen LogP contribution in [-0.2, 0) is 0 Å². The van der Waals surface area contributed by atoms with Gasteiger partial charge in [0.2, 0.25) is 0 Å². The van der Waals surface area contributed by atoms with Crippen molar-refractivity contribution in [2.24, 2.45) is 5.92 Å². The molecule has 1 heterocycles. The Morgan fingerprint density at radius 2 is 1.93 bits per heavy atom. The zero-order chi connectivity index (χ0) is 20.0. The molecule has 1 fully saturated rings. The van der Waals surface area contributed by atoms with Gasteiger partial charge >= 0.3 is 12.1 Å². The minimum Gasteiger partial charge on any atom is -0.495 e. The van der Waals surface area contributed by atoms with Gasteiger partial charge in [0.05, 0.1) is 12.8 Å². The SMILES string of the molecule is COc1ccc(Cl)cc1NC(=O)NCC1CCN(C(=O)NC(C)(C)C)CC1. The highest BCUT2D eigenvalue weighted by Crippen LogP contribution is 2.27. The standard InChI is InChI=1S/C19H29ClN4O3/c1-19(2,3)23-18(26)24-9-7-13(8-10-24)12-21-17(25)22-15-11-14(20)5-6-16(15)27-4/h5-6,11,13H,7-10,12H2,1-4H3,(H,23,26)(H2,21,22,25). The van der Waals surface area contributed by atoms with E-state index in [0.29, 0.717) is 42.0 Å². The largest absolute Gasteiger partial charge is 0.495 e. The lowest BCUT2D eigenvalue weighted by molar-refractivity contribution is 0.162. The van der Waals surface area contributed by atoms with E-state index in [9.17, 15) is 9.59 Å². The fourth-order valence-electron chi connectivity index (χ4n) is 2.92. The van der Waals surface area contributed by atoms with Crippen LogP contribution in [0.25, 0.3) is 0 Å². The summed E-state index contributed by atoms with van der Waals surface area (Å²) in [6, 6.07) is 4.72. The Bertz CT molecular complexity index is 667. The number of urea groups is 2. The second-order valence-electron chi connectivity index (χ2n) is 7.79. The topological polar surface area (TPSA) is 82.7 Å². The first-order valence-corrected chi connectivity index (χ1v) is 9.51. The molecule has 2 rings (SSSR count). The minimum atomic E-state index is -0.302. The van der Waals surface area contributed by atoms with Crippen LogP contribution in [0.4, 0.5) is 15.3 Å². The van der Waals surface area contributed by atoms with Gasteiger partial charge in [-0.25, -0.2) is 9.59 Å². The Balaban J connectivity index is 1.76. The molecule has 0 unspecified atom stereocenters. The fraction of sp³-hybridized carbons (Fsp3) is 0.579. The van der Waals surface area contributed by atoms with Crippen molar-refractivity contribution in [3.63, 3.8) is 0 Å². The van der Waals surface area contributed by atoms with Crippen LogP contribution in [0.3, 0.4) is 0 Å². The molecule has 4 amide bonds. The number of amides is 4. The first-order chi connectivity index (χ1) is 12.7. The van der Waals surface area contributed by atoms with Gasteiger partial charge in [-0.1, -0.05) is 11.6 Å². The monoisotopic (exact) mass is 396 g/mol. The van der Waals surface area contributed by atoms with E-state index in [0.717, 1.165) is 12.8 Å². The molecule has 1 saturated heterocycles. The lowest BCUT2D eigenvalue weighted by Crippen LogP contribution is -2.51. The smallest absolute Gasteiger partial charge is 0.319 e. The van der Waals surface area contributed by atoms with Crippen LogP contribution in [0.2, 0.25) is 5.02 Å². The maximum absolute atomic E-state index is 12.2. The molecule has 8 heteroatoms. The number of carbonyl (C=O) groups excluding carboxylic acids is 2. The number of anilines is 1. The number of piperidine rings is 1. The molecule has 7 nitrogen and oxygen atoms in total. The molecule has 1 aliphatic heterocycles. The molecule has 1 aromatic carbocycles. The van der Waals surface area contributed by atoms with Crippen LogP contribution in [0.1, 0.15) is 33.6 Å². The highest BCUT2D eigenvalue weighted by atomic mass is 35.5. The number of rotatable bonds is 4. The third kappa shape index (κ3) is 6.82. The molecule has 0 aromatic heterocycles. The van der Waals surface area contributed by atoms with Gasteiger partial charge in [0.1, 0.15) is 5.75 Å². The summed E-state index contributed by atoms with van der Waals surface area (Å²) in [5, 5.41) is 9.15. The molecular weight excluding hydrogens is 368 g/mol. The summed E-state index contributed by atoms with van der Waals surface area (Å²) in [5.41, 5.74) is 0.283. The molecule has 0 bridgehead atoms. The Morgan fingerprint density at radius 1 is 1.26 bits per heavy atom. The summed E-state index contributed by atoms with van der Waals surface area (Å²) < 4.78 is 5.22. The first kappa shape index (κ1) is 21.2. The second-order valence-corrected chi connectivity index (χ2v) is 8.23. The third-order valence-corrected chi connectivity index (χ3v) is 4.58. The number of nitrogens with zero attached hydrogens (tertiary/aromatic N) is 1. The maximum Gasteiger partial charge on any atom is 0.319 e. The summed E-state index contributed by atoms with van der Waals surface area (Å²) in [6.07, 6.45) is 1.72. The number of nitrogens with one attached hydrogen (secondary N) is 3. The highest BCUT2D eigenvalue weighted by molar-refractivity contribution is 6.31. The molecular formula is C19H29ClN4O3. The number of hydrogen-bond donors (Lipinski definition) is 3. The number of methoxy groups -OCH3 is 1. The average molecular weight is 397 g/mol. The van der Waals surface area contributed by atoms with E-state index < -0.39 is 0 Å². The molecule has 0 aliphatic carbocycles. The second kappa shape index (κ2) is 9.17. The molecule has 0 radical (unpaired) electrons. The zero-order valence-electron chi connectivity index (χ0n) is 16.4. The number of hydrogen-bond acceptors (Lipinski definition) is 3. The number of halogens is 1. The van der Waals surface area contributed by atoms with Crippen molar-refractivity contribution in [2.75, 3.05) is 32.1 Å². The molecule has 0 spiro atoms. The predicted molar refractivity (Wildman–Crippen MR) is 108 cm³/mol. The van der Waals surface area contributed by atoms with Crippen LogP contribution in [0.5, 0.6) is 5.75 Å². The number of benzene rings is 1. The van der Waals surface area contributed by atoms with Gasteiger partial charge < -0.3 is 25.6 Å². The van der Waals surface area contributed by atoms with E-state index in [4.69, 9.17) is 16.3 Å². The quantitative estimate of drug-likeness (QED) is 0.725. The summed E-state index contributed by atoms with van der Waals surface area (Å²) in [4.78, 5) is 26.2. The Morgan fingerprint density at radius 3 is 2.52 bits per heavy atom. The molecule has 27 heavy (non-hydrogen) atoms. The maximum atomic E-state index is 12.2. The van der Waals surface area contributed by atoms with Gasteiger partial charge in [0.25, 0.3) is 0 Å². The highest BCUT2D eigenvalue weighted by Gasteiger charge is 2.25. The zero-order valence-corrected chi connectivity index (χ0v) is 17.2. The van der Waals surface area contributed by atoms with Crippen LogP contribution in [-0.4, -0.2) is 49.2 Å². The van der Waals surface area contributed by atoms with Crippen molar-refractivity contribution >= 4 is 29.4 Å². The number of ether oxygens (including phenoxy) is 1. The Labute approximate surface area is 165 Å². The van der Waals surface area contributed by atoms with Gasteiger partial charge in [-0.2, -0.15) is 0 Å². The van der Waals surface area contributed by atoms with E-state index in [1.54, 1.807) is 18.2 Å². The van der Waals surface area contributed by atoms with Crippen molar-refractivity contribution in [2.45, 2.75) is 39.2 Å². The fourth-order valence-corrected chi connectivity index (χ4v) is 3.09. The lowest BCUT2D eigenvalue weighted by Gasteiger charge is -2.34. The van der Waals surface area contributed by atoms with Crippen molar-refractivity contribution < 1.29 is 14.3 Å². The van der Waals surface area contributed by atoms with Crippen molar-refractivity contribution in [1.82, 2.24) is 15.5 Å². The van der Waals surface area contributed by atoms with Crippen LogP contribution >= 0.6 is 11.6 Å². The van der Waals surface area contributed by atoms with Gasteiger partial charge in [-0.3, -0.25) is 0 Å². The van der Waals surface area contributed by atoms with E-state index in [-0.39, 0.29) is 17.6 Å². The molecule has 1 aliphatic rings. The van der Waals surface area contributed by atoms with Crippen LogP contribution in [0, 0.1) is 5.92 Å². The van der Waals surface area contributed by atoms with E-state index in [2.05, 4.69) is 16.0 Å². The van der Waals surface area contributed by atoms with Crippen molar-refractivity contribution in [3.05, 3.63) is 23.2 Å². The summed E-state index contributed by atoms with van der Waals surface area (Å²) in [7, 11) is 1.54. The van der Waals surface area contributed by atoms with Crippen molar-refractivity contribution in [1.29, 1.82) is 0 Å². The molecule has 3 N–H and O–H groups in total. The van der Waals surface area contributed by atoms with E-state index in [1.165, 1.54) is 7.11 Å². The molecule has 1 aromatic rings. The van der Waals surface area contributed by atoms with Gasteiger partial charge in [0, 0.05) is 30.2 Å². The van der Waals surface area contributed by atoms with Crippen molar-refractivity contribution in [3.8, 4) is 5.75 Å². The average Bonchev–Trinajstić information content (AvgIpc) is 2.59. The van der Waals surface area contributed by atoms with Gasteiger partial charge in [-0.15, -0.1) is 0 Å². The van der Waals surface area contributed by atoms with E-state index >= 15 is 0 Å². The van der Waals surface area contributed by atoms with Crippen LogP contribution < -0.4 is 20.7 Å².